The quantitative estimate of drug-likeness (QED) is 0.444. The second-order valence-corrected chi connectivity index (χ2v) is 6.66. The minimum atomic E-state index is -4.69. The van der Waals surface area contributed by atoms with E-state index in [1.807, 2.05) is 18.2 Å². The SMILES string of the molecule is FC(F)(F)Oc1ccc(CON=Cc2ccccc2C2CCCCC2)cc1. The van der Waals surface area contributed by atoms with Gasteiger partial charge in [-0.1, -0.05) is 60.8 Å². The van der Waals surface area contributed by atoms with Crippen LogP contribution in [0.3, 0.4) is 0 Å². The minimum absolute atomic E-state index is 0.175. The molecular weight excluding hydrogens is 355 g/mol. The van der Waals surface area contributed by atoms with Crippen molar-refractivity contribution >= 4 is 6.21 Å². The van der Waals surface area contributed by atoms with Crippen molar-refractivity contribution in [2.45, 2.75) is 51.0 Å². The molecule has 1 aliphatic carbocycles. The van der Waals surface area contributed by atoms with Crippen molar-refractivity contribution in [3.8, 4) is 5.75 Å². The first kappa shape index (κ1) is 19.3. The molecule has 6 heteroatoms. The predicted octanol–water partition coefficient (Wildman–Crippen LogP) is 6.18. The van der Waals surface area contributed by atoms with Gasteiger partial charge in [-0.3, -0.25) is 0 Å². The Morgan fingerprint density at radius 1 is 0.963 bits per heavy atom. The zero-order chi connectivity index (χ0) is 19.1. The molecule has 0 spiro atoms. The van der Waals surface area contributed by atoms with Gasteiger partial charge in [0.05, 0.1) is 6.21 Å². The lowest BCUT2D eigenvalue weighted by Crippen LogP contribution is -2.17. The second kappa shape index (κ2) is 8.93. The zero-order valence-electron chi connectivity index (χ0n) is 14.9. The molecule has 0 bridgehead atoms. The van der Waals surface area contributed by atoms with Crippen LogP contribution in [-0.2, 0) is 11.4 Å². The average Bonchev–Trinajstić information content (AvgIpc) is 2.66. The molecule has 0 atom stereocenters. The van der Waals surface area contributed by atoms with Crippen molar-refractivity contribution in [1.82, 2.24) is 0 Å². The fraction of sp³-hybridized carbons (Fsp3) is 0.381. The monoisotopic (exact) mass is 377 g/mol. The normalized spacial score (nSPS) is 15.8. The first-order chi connectivity index (χ1) is 13.0. The van der Waals surface area contributed by atoms with E-state index in [1.54, 1.807) is 6.21 Å². The minimum Gasteiger partial charge on any atom is -0.406 e. The predicted molar refractivity (Wildman–Crippen MR) is 97.8 cm³/mol. The second-order valence-electron chi connectivity index (χ2n) is 6.66. The first-order valence-corrected chi connectivity index (χ1v) is 9.10. The molecule has 2 aromatic carbocycles. The first-order valence-electron chi connectivity index (χ1n) is 9.10. The van der Waals surface area contributed by atoms with Gasteiger partial charge in [0.2, 0.25) is 0 Å². The van der Waals surface area contributed by atoms with E-state index >= 15 is 0 Å². The van der Waals surface area contributed by atoms with Crippen molar-refractivity contribution in [2.24, 2.45) is 5.16 Å². The zero-order valence-corrected chi connectivity index (χ0v) is 14.9. The third kappa shape index (κ3) is 6.01. The van der Waals surface area contributed by atoms with Gasteiger partial charge in [-0.25, -0.2) is 0 Å². The third-order valence-corrected chi connectivity index (χ3v) is 4.70. The van der Waals surface area contributed by atoms with Crippen molar-refractivity contribution < 1.29 is 22.7 Å². The van der Waals surface area contributed by atoms with Gasteiger partial charge in [-0.15, -0.1) is 13.2 Å². The van der Waals surface area contributed by atoms with E-state index < -0.39 is 6.36 Å². The number of rotatable bonds is 6. The Labute approximate surface area is 156 Å². The summed E-state index contributed by atoms with van der Waals surface area (Å²) in [7, 11) is 0. The topological polar surface area (TPSA) is 30.8 Å². The summed E-state index contributed by atoms with van der Waals surface area (Å²) in [4.78, 5) is 5.31. The molecule has 0 N–H and O–H groups in total. The Bertz CT molecular complexity index is 751. The highest BCUT2D eigenvalue weighted by Crippen LogP contribution is 2.33. The van der Waals surface area contributed by atoms with E-state index in [-0.39, 0.29) is 12.4 Å². The van der Waals surface area contributed by atoms with Crippen molar-refractivity contribution in [3.63, 3.8) is 0 Å². The van der Waals surface area contributed by atoms with E-state index in [2.05, 4.69) is 16.0 Å². The van der Waals surface area contributed by atoms with Crippen LogP contribution in [0.5, 0.6) is 5.75 Å². The molecule has 3 rings (SSSR count). The Morgan fingerprint density at radius 3 is 2.37 bits per heavy atom. The van der Waals surface area contributed by atoms with Gasteiger partial charge in [0, 0.05) is 0 Å². The molecule has 27 heavy (non-hydrogen) atoms. The standard InChI is InChI=1S/C21H22F3NO2/c22-21(23,24)27-19-12-10-16(11-13-19)15-26-25-14-18-8-4-5-9-20(18)17-6-2-1-3-7-17/h4-5,8-14,17H,1-3,6-7,15H2. The van der Waals surface area contributed by atoms with Gasteiger partial charge in [0.1, 0.15) is 12.4 Å². The number of halogens is 3. The number of benzene rings is 2. The maximum atomic E-state index is 12.2. The lowest BCUT2D eigenvalue weighted by Gasteiger charge is -2.23. The fourth-order valence-corrected chi connectivity index (χ4v) is 3.41. The number of ether oxygens (including phenoxy) is 1. The summed E-state index contributed by atoms with van der Waals surface area (Å²) < 4.78 is 40.3. The van der Waals surface area contributed by atoms with E-state index in [0.717, 1.165) is 5.56 Å². The molecule has 2 aromatic rings. The van der Waals surface area contributed by atoms with Gasteiger partial charge in [-0.2, -0.15) is 0 Å². The molecule has 0 aromatic heterocycles. The molecular formula is C21H22F3NO2. The largest absolute Gasteiger partial charge is 0.573 e. The highest BCUT2D eigenvalue weighted by atomic mass is 19.4. The molecule has 1 saturated carbocycles. The van der Waals surface area contributed by atoms with Crippen molar-refractivity contribution in [3.05, 3.63) is 65.2 Å². The lowest BCUT2D eigenvalue weighted by molar-refractivity contribution is -0.274. The summed E-state index contributed by atoms with van der Waals surface area (Å²) >= 11 is 0. The number of oxime groups is 1. The highest BCUT2D eigenvalue weighted by Gasteiger charge is 2.30. The molecule has 0 radical (unpaired) electrons. The Morgan fingerprint density at radius 2 is 1.67 bits per heavy atom. The van der Waals surface area contributed by atoms with Crippen LogP contribution in [0.2, 0.25) is 0 Å². The van der Waals surface area contributed by atoms with Gasteiger partial charge in [-0.05, 0) is 47.6 Å². The van der Waals surface area contributed by atoms with Crippen LogP contribution in [-0.4, -0.2) is 12.6 Å². The molecule has 0 heterocycles. The summed E-state index contributed by atoms with van der Waals surface area (Å²) in [5.74, 6) is 0.318. The van der Waals surface area contributed by atoms with Gasteiger partial charge in [0.15, 0.2) is 0 Å². The van der Waals surface area contributed by atoms with Crippen LogP contribution in [0, 0.1) is 0 Å². The summed E-state index contributed by atoms with van der Waals surface area (Å²) in [6.45, 7) is 0.175. The van der Waals surface area contributed by atoms with E-state index in [9.17, 15) is 13.2 Å². The smallest absolute Gasteiger partial charge is 0.406 e. The van der Waals surface area contributed by atoms with Crippen molar-refractivity contribution in [2.75, 3.05) is 0 Å². The van der Waals surface area contributed by atoms with Crippen LogP contribution in [0.25, 0.3) is 0 Å². The molecule has 0 saturated heterocycles. The Kier molecular flexibility index (Phi) is 6.37. The van der Waals surface area contributed by atoms with Gasteiger partial charge >= 0.3 is 6.36 Å². The van der Waals surface area contributed by atoms with Crippen LogP contribution >= 0.6 is 0 Å². The van der Waals surface area contributed by atoms with E-state index in [4.69, 9.17) is 4.84 Å². The highest BCUT2D eigenvalue weighted by molar-refractivity contribution is 5.81. The maximum Gasteiger partial charge on any atom is 0.573 e. The lowest BCUT2D eigenvalue weighted by atomic mass is 9.82. The van der Waals surface area contributed by atoms with Crippen LogP contribution < -0.4 is 4.74 Å². The van der Waals surface area contributed by atoms with Crippen molar-refractivity contribution in [1.29, 1.82) is 0 Å². The maximum absolute atomic E-state index is 12.2. The molecule has 144 valence electrons. The average molecular weight is 377 g/mol. The summed E-state index contributed by atoms with van der Waals surface area (Å²) in [5, 5.41) is 4.04. The van der Waals surface area contributed by atoms with Crippen LogP contribution in [0.15, 0.2) is 53.7 Å². The molecule has 0 unspecified atom stereocenters. The van der Waals surface area contributed by atoms with Crippen LogP contribution in [0.4, 0.5) is 13.2 Å². The summed E-state index contributed by atoms with van der Waals surface area (Å²) in [5.41, 5.74) is 3.07. The van der Waals surface area contributed by atoms with Gasteiger partial charge < -0.3 is 9.57 Å². The molecule has 0 amide bonds. The summed E-state index contributed by atoms with van der Waals surface area (Å²) in [6, 6.07) is 13.8. The number of hydrogen-bond donors (Lipinski definition) is 0. The molecule has 3 nitrogen and oxygen atoms in total. The summed E-state index contributed by atoms with van der Waals surface area (Å²) in [6.07, 6.45) is 3.28. The molecule has 0 aliphatic heterocycles. The number of alkyl halides is 3. The molecule has 1 aliphatic rings. The Hall–Kier alpha value is -2.50. The van der Waals surface area contributed by atoms with E-state index in [1.165, 1.54) is 61.9 Å². The van der Waals surface area contributed by atoms with Crippen LogP contribution in [0.1, 0.15) is 54.7 Å². The third-order valence-electron chi connectivity index (χ3n) is 4.70. The number of hydrogen-bond acceptors (Lipinski definition) is 3. The van der Waals surface area contributed by atoms with E-state index in [0.29, 0.717) is 11.5 Å². The fourth-order valence-electron chi connectivity index (χ4n) is 3.41. The Balaban J connectivity index is 1.55. The van der Waals surface area contributed by atoms with Gasteiger partial charge in [0.25, 0.3) is 0 Å². The number of nitrogens with zero attached hydrogens (tertiary/aromatic N) is 1. The molecule has 1 fully saturated rings.